The third-order valence-electron chi connectivity index (χ3n) is 5.49. The first-order valence-corrected chi connectivity index (χ1v) is 10.9. The molecule has 1 aliphatic rings. The highest BCUT2D eigenvalue weighted by Gasteiger charge is 2.31. The molecule has 0 saturated carbocycles. The SMILES string of the molecule is CCOC(=O)c1nn(-c2ccc(C)cc2)c2c1CN(C(=O)CCOc1ccccc1)CC2. The number of amides is 1. The lowest BCUT2D eigenvalue weighted by atomic mass is 10.0. The first kappa shape index (κ1) is 21.6. The maximum absolute atomic E-state index is 12.8. The van der Waals surface area contributed by atoms with E-state index in [2.05, 4.69) is 5.10 Å². The molecule has 0 spiro atoms. The fourth-order valence-corrected chi connectivity index (χ4v) is 3.83. The van der Waals surface area contributed by atoms with Crippen LogP contribution in [0.4, 0.5) is 0 Å². The van der Waals surface area contributed by atoms with Crippen molar-refractivity contribution in [3.63, 3.8) is 0 Å². The summed E-state index contributed by atoms with van der Waals surface area (Å²) in [5.41, 5.74) is 4.02. The highest BCUT2D eigenvalue weighted by atomic mass is 16.5. The maximum Gasteiger partial charge on any atom is 0.359 e. The van der Waals surface area contributed by atoms with E-state index in [-0.39, 0.29) is 24.6 Å². The Bertz CT molecular complexity index is 1090. The van der Waals surface area contributed by atoms with Crippen molar-refractivity contribution in [1.29, 1.82) is 0 Å². The topological polar surface area (TPSA) is 73.7 Å². The van der Waals surface area contributed by atoms with Crippen LogP contribution in [0.5, 0.6) is 5.75 Å². The molecule has 2 heterocycles. The van der Waals surface area contributed by atoms with Crippen LogP contribution in [0.25, 0.3) is 5.69 Å². The molecule has 1 aliphatic heterocycles. The minimum Gasteiger partial charge on any atom is -0.493 e. The van der Waals surface area contributed by atoms with Crippen molar-refractivity contribution in [1.82, 2.24) is 14.7 Å². The molecule has 32 heavy (non-hydrogen) atoms. The molecular weight excluding hydrogens is 406 g/mol. The summed E-state index contributed by atoms with van der Waals surface area (Å²) in [5, 5.41) is 4.59. The number of esters is 1. The van der Waals surface area contributed by atoms with E-state index in [0.29, 0.717) is 26.1 Å². The number of ether oxygens (including phenoxy) is 2. The molecule has 0 fully saturated rings. The zero-order chi connectivity index (χ0) is 22.5. The fourth-order valence-electron chi connectivity index (χ4n) is 3.83. The first-order valence-electron chi connectivity index (χ1n) is 10.9. The number of aryl methyl sites for hydroxylation is 1. The number of rotatable bonds is 7. The van der Waals surface area contributed by atoms with Gasteiger partial charge in [0.05, 0.1) is 31.0 Å². The average Bonchev–Trinajstić information content (AvgIpc) is 3.19. The van der Waals surface area contributed by atoms with Crippen molar-refractivity contribution in [2.45, 2.75) is 33.2 Å². The van der Waals surface area contributed by atoms with Gasteiger partial charge in [0.25, 0.3) is 0 Å². The molecule has 4 rings (SSSR count). The van der Waals surface area contributed by atoms with Crippen LogP contribution < -0.4 is 4.74 Å². The summed E-state index contributed by atoms with van der Waals surface area (Å²) in [6, 6.07) is 17.4. The monoisotopic (exact) mass is 433 g/mol. The highest BCUT2D eigenvalue weighted by molar-refractivity contribution is 5.90. The van der Waals surface area contributed by atoms with Gasteiger partial charge in [0.1, 0.15) is 5.75 Å². The number of nitrogens with zero attached hydrogens (tertiary/aromatic N) is 3. The van der Waals surface area contributed by atoms with Crippen LogP contribution >= 0.6 is 0 Å². The molecule has 0 radical (unpaired) electrons. The number of fused-ring (bicyclic) bond motifs is 1. The van der Waals surface area contributed by atoms with Crippen LogP contribution in [0.1, 0.15) is 40.7 Å². The lowest BCUT2D eigenvalue weighted by molar-refractivity contribution is -0.132. The number of carbonyl (C=O) groups is 2. The zero-order valence-corrected chi connectivity index (χ0v) is 18.4. The van der Waals surface area contributed by atoms with Gasteiger partial charge in [0.15, 0.2) is 5.69 Å². The minimum absolute atomic E-state index is 0.00974. The Morgan fingerprint density at radius 3 is 2.53 bits per heavy atom. The van der Waals surface area contributed by atoms with Crippen molar-refractivity contribution in [3.8, 4) is 11.4 Å². The average molecular weight is 434 g/mol. The summed E-state index contributed by atoms with van der Waals surface area (Å²) in [6.07, 6.45) is 0.881. The molecule has 7 heteroatoms. The molecule has 0 unspecified atom stereocenters. The van der Waals surface area contributed by atoms with Gasteiger partial charge in [-0.15, -0.1) is 0 Å². The van der Waals surface area contributed by atoms with Gasteiger partial charge in [-0.25, -0.2) is 9.48 Å². The number of carbonyl (C=O) groups excluding carboxylic acids is 2. The van der Waals surface area contributed by atoms with Crippen LogP contribution in [-0.4, -0.2) is 46.3 Å². The van der Waals surface area contributed by atoms with Crippen molar-refractivity contribution >= 4 is 11.9 Å². The molecule has 0 N–H and O–H groups in total. The standard InChI is InChI=1S/C25H27N3O4/c1-3-31-25(30)24-21-17-27(23(29)14-16-32-20-7-5-4-6-8-20)15-13-22(21)28(26-24)19-11-9-18(2)10-12-19/h4-12H,3,13-17H2,1-2H3. The van der Waals surface area contributed by atoms with Crippen LogP contribution in [0.3, 0.4) is 0 Å². The molecule has 0 saturated heterocycles. The molecule has 3 aromatic rings. The summed E-state index contributed by atoms with van der Waals surface area (Å²) < 4.78 is 12.7. The zero-order valence-electron chi connectivity index (χ0n) is 18.4. The predicted molar refractivity (Wildman–Crippen MR) is 120 cm³/mol. The van der Waals surface area contributed by atoms with Crippen molar-refractivity contribution in [3.05, 3.63) is 77.1 Å². The van der Waals surface area contributed by atoms with Gasteiger partial charge >= 0.3 is 5.97 Å². The van der Waals surface area contributed by atoms with Crippen LogP contribution in [0.2, 0.25) is 0 Å². The normalized spacial score (nSPS) is 12.9. The van der Waals surface area contributed by atoms with Crippen LogP contribution in [0.15, 0.2) is 54.6 Å². The Balaban J connectivity index is 1.52. The largest absolute Gasteiger partial charge is 0.493 e. The smallest absolute Gasteiger partial charge is 0.359 e. The molecule has 1 aromatic heterocycles. The van der Waals surface area contributed by atoms with Gasteiger partial charge in [-0.2, -0.15) is 5.10 Å². The summed E-state index contributed by atoms with van der Waals surface area (Å²) >= 11 is 0. The van der Waals surface area contributed by atoms with Crippen LogP contribution in [-0.2, 0) is 22.5 Å². The molecule has 1 amide bonds. The van der Waals surface area contributed by atoms with Crippen LogP contribution in [0, 0.1) is 6.92 Å². The van der Waals surface area contributed by atoms with Gasteiger partial charge in [-0.3, -0.25) is 4.79 Å². The number of benzene rings is 2. The number of aromatic nitrogens is 2. The Kier molecular flexibility index (Phi) is 6.54. The highest BCUT2D eigenvalue weighted by Crippen LogP contribution is 2.26. The summed E-state index contributed by atoms with van der Waals surface area (Å²) in [6.45, 7) is 5.27. The third kappa shape index (κ3) is 4.66. The second-order valence-electron chi connectivity index (χ2n) is 7.72. The number of para-hydroxylation sites is 1. The summed E-state index contributed by atoms with van der Waals surface area (Å²) in [4.78, 5) is 27.2. The third-order valence-corrected chi connectivity index (χ3v) is 5.49. The van der Waals surface area contributed by atoms with E-state index in [0.717, 1.165) is 28.3 Å². The van der Waals surface area contributed by atoms with Gasteiger partial charge < -0.3 is 14.4 Å². The van der Waals surface area contributed by atoms with Crippen molar-refractivity contribution < 1.29 is 19.1 Å². The quantitative estimate of drug-likeness (QED) is 0.531. The van der Waals surface area contributed by atoms with Gasteiger partial charge in [0.2, 0.25) is 5.91 Å². The summed E-state index contributed by atoms with van der Waals surface area (Å²) in [7, 11) is 0. The van der Waals surface area contributed by atoms with E-state index in [4.69, 9.17) is 9.47 Å². The van der Waals surface area contributed by atoms with Crippen molar-refractivity contribution in [2.24, 2.45) is 0 Å². The van der Waals surface area contributed by atoms with Crippen molar-refractivity contribution in [2.75, 3.05) is 19.8 Å². The number of hydrogen-bond acceptors (Lipinski definition) is 5. The molecule has 0 atom stereocenters. The van der Waals surface area contributed by atoms with E-state index in [1.807, 2.05) is 61.5 Å². The minimum atomic E-state index is -0.462. The lowest BCUT2D eigenvalue weighted by Gasteiger charge is -2.28. The van der Waals surface area contributed by atoms with E-state index in [1.165, 1.54) is 0 Å². The second kappa shape index (κ2) is 9.68. The van der Waals surface area contributed by atoms with E-state index < -0.39 is 5.97 Å². The maximum atomic E-state index is 12.8. The Labute approximate surface area is 187 Å². The predicted octanol–water partition coefficient (Wildman–Crippen LogP) is 3.71. The Morgan fingerprint density at radius 1 is 1.06 bits per heavy atom. The molecule has 166 valence electrons. The molecule has 0 aliphatic carbocycles. The Hall–Kier alpha value is -3.61. The molecule has 0 bridgehead atoms. The van der Waals surface area contributed by atoms with E-state index >= 15 is 0 Å². The molecular formula is C25H27N3O4. The van der Waals surface area contributed by atoms with E-state index in [1.54, 1.807) is 16.5 Å². The Morgan fingerprint density at radius 2 is 1.81 bits per heavy atom. The molecule has 2 aromatic carbocycles. The second-order valence-corrected chi connectivity index (χ2v) is 7.72. The number of hydrogen-bond donors (Lipinski definition) is 0. The summed E-state index contributed by atoms with van der Waals surface area (Å²) in [5.74, 6) is 0.269. The van der Waals surface area contributed by atoms with Gasteiger partial charge in [-0.05, 0) is 38.1 Å². The lowest BCUT2D eigenvalue weighted by Crippen LogP contribution is -2.37. The van der Waals surface area contributed by atoms with Gasteiger partial charge in [-0.1, -0.05) is 35.9 Å². The molecule has 7 nitrogen and oxygen atoms in total. The fraction of sp³-hybridized carbons (Fsp3) is 0.320. The van der Waals surface area contributed by atoms with Gasteiger partial charge in [0, 0.05) is 25.1 Å². The first-order chi connectivity index (χ1) is 15.6. The van der Waals surface area contributed by atoms with E-state index in [9.17, 15) is 9.59 Å².